The fraction of sp³-hybridized carbons (Fsp3) is 0.525. The Kier molecular flexibility index (Phi) is 12.2. The summed E-state index contributed by atoms with van der Waals surface area (Å²) in [5.74, 6) is 1.85. The van der Waals surface area contributed by atoms with Crippen LogP contribution in [-0.4, -0.2) is 34.5 Å². The van der Waals surface area contributed by atoms with Crippen molar-refractivity contribution in [2.45, 2.75) is 121 Å². The number of carbonyl (C=O) groups is 1. The second-order valence-corrected chi connectivity index (χ2v) is 13.8. The monoisotopic (exact) mass is 626 g/mol. The lowest BCUT2D eigenvalue weighted by molar-refractivity contribution is -0.144. The smallest absolute Gasteiger partial charge is 0.344 e. The molecule has 0 heterocycles. The van der Waals surface area contributed by atoms with Gasteiger partial charge in [-0.25, -0.2) is 4.79 Å². The molecular weight excluding hydrogens is 572 g/mol. The van der Waals surface area contributed by atoms with Crippen molar-refractivity contribution in [3.8, 4) is 11.5 Å². The Morgan fingerprint density at radius 1 is 0.783 bits per heavy atom. The summed E-state index contributed by atoms with van der Waals surface area (Å²) >= 11 is 0. The third-order valence-corrected chi connectivity index (χ3v) is 10.7. The molecule has 6 nitrogen and oxygen atoms in total. The van der Waals surface area contributed by atoms with E-state index in [2.05, 4.69) is 85.1 Å². The van der Waals surface area contributed by atoms with E-state index in [4.69, 9.17) is 4.74 Å². The number of rotatable bonds is 14. The van der Waals surface area contributed by atoms with E-state index >= 15 is 0 Å². The van der Waals surface area contributed by atoms with E-state index in [-0.39, 0.29) is 18.0 Å². The highest BCUT2D eigenvalue weighted by Crippen LogP contribution is 2.40. The first-order valence-electron chi connectivity index (χ1n) is 17.7. The molecule has 4 atom stereocenters. The zero-order chi connectivity index (χ0) is 32.5. The van der Waals surface area contributed by atoms with Gasteiger partial charge in [0.15, 0.2) is 6.10 Å². The fourth-order valence-electron chi connectivity index (χ4n) is 7.98. The lowest BCUT2D eigenvalue weighted by Gasteiger charge is -2.41. The molecule has 0 aliphatic heterocycles. The minimum atomic E-state index is -1.04. The van der Waals surface area contributed by atoms with Crippen molar-refractivity contribution in [3.05, 3.63) is 95.6 Å². The molecule has 0 amide bonds. The Balaban J connectivity index is 1.30. The molecule has 0 radical (unpaired) electrons. The average Bonchev–Trinajstić information content (AvgIpc) is 3.08. The van der Waals surface area contributed by atoms with Gasteiger partial charge >= 0.3 is 5.97 Å². The van der Waals surface area contributed by atoms with Crippen LogP contribution in [0.15, 0.2) is 78.9 Å². The van der Waals surface area contributed by atoms with Crippen LogP contribution < -0.4 is 15.4 Å². The maximum atomic E-state index is 11.3. The van der Waals surface area contributed by atoms with Crippen molar-refractivity contribution < 1.29 is 19.7 Å². The minimum Gasteiger partial charge on any atom is -0.507 e. The van der Waals surface area contributed by atoms with Crippen molar-refractivity contribution in [2.24, 2.45) is 11.8 Å². The van der Waals surface area contributed by atoms with Gasteiger partial charge in [-0.15, -0.1) is 0 Å². The summed E-state index contributed by atoms with van der Waals surface area (Å²) in [5.41, 5.74) is 3.73. The number of aliphatic carboxylic acids is 1. The Bertz CT molecular complexity index is 1350. The van der Waals surface area contributed by atoms with Gasteiger partial charge in [-0.1, -0.05) is 80.1 Å². The van der Waals surface area contributed by atoms with Crippen molar-refractivity contribution in [2.75, 3.05) is 0 Å². The molecule has 2 saturated carbocycles. The second-order valence-electron chi connectivity index (χ2n) is 13.8. The molecule has 0 spiro atoms. The summed E-state index contributed by atoms with van der Waals surface area (Å²) < 4.78 is 5.50. The molecule has 4 N–H and O–H groups in total. The lowest BCUT2D eigenvalue weighted by Crippen LogP contribution is -2.55. The number of phenols is 1. The largest absolute Gasteiger partial charge is 0.507 e. The zero-order valence-electron chi connectivity index (χ0n) is 27.9. The Morgan fingerprint density at radius 2 is 1.33 bits per heavy atom. The van der Waals surface area contributed by atoms with E-state index in [9.17, 15) is 15.0 Å². The maximum absolute atomic E-state index is 11.3. The van der Waals surface area contributed by atoms with Gasteiger partial charge in [0.2, 0.25) is 0 Å². The lowest BCUT2D eigenvalue weighted by atomic mass is 9.74. The predicted octanol–water partition coefficient (Wildman–Crippen LogP) is 8.93. The summed E-state index contributed by atoms with van der Waals surface area (Å²) in [6, 6.07) is 27.5. The first kappa shape index (κ1) is 34.0. The van der Waals surface area contributed by atoms with Crippen LogP contribution in [0, 0.1) is 11.8 Å². The van der Waals surface area contributed by atoms with Crippen LogP contribution in [-0.2, 0) is 4.79 Å². The predicted molar refractivity (Wildman–Crippen MR) is 185 cm³/mol. The number of carboxylic acid groups (broad SMARTS) is 1. The number of hydrogen-bond acceptors (Lipinski definition) is 5. The van der Waals surface area contributed by atoms with Gasteiger partial charge < -0.3 is 14.9 Å². The van der Waals surface area contributed by atoms with E-state index in [0.717, 1.165) is 31.2 Å². The SMILES string of the molecule is CCCC(NC(NC(C)c1ccc(OC(C)C(=O)O)cc1O)C1CCC(c2ccccc2)CC1)C1CCC(c2ccccc2)CC1. The number of ether oxygens (including phenoxy) is 1. The highest BCUT2D eigenvalue weighted by atomic mass is 16.5. The molecule has 2 aliphatic carbocycles. The van der Waals surface area contributed by atoms with Crippen LogP contribution in [0.3, 0.4) is 0 Å². The molecule has 2 fully saturated rings. The average molecular weight is 627 g/mol. The van der Waals surface area contributed by atoms with Crippen LogP contribution in [0.25, 0.3) is 0 Å². The van der Waals surface area contributed by atoms with Gasteiger partial charge in [0.25, 0.3) is 0 Å². The summed E-state index contributed by atoms with van der Waals surface area (Å²) in [7, 11) is 0. The number of carboxylic acids is 1. The Hall–Kier alpha value is -3.35. The number of nitrogens with one attached hydrogen (secondary N) is 2. The molecule has 3 aromatic carbocycles. The summed E-state index contributed by atoms with van der Waals surface area (Å²) in [6.07, 6.45) is 11.1. The van der Waals surface area contributed by atoms with Crippen LogP contribution >= 0.6 is 0 Å². The molecule has 0 bridgehead atoms. The topological polar surface area (TPSA) is 90.8 Å². The van der Waals surface area contributed by atoms with Crippen molar-refractivity contribution in [3.63, 3.8) is 0 Å². The van der Waals surface area contributed by atoms with Gasteiger partial charge in [-0.3, -0.25) is 10.6 Å². The highest BCUT2D eigenvalue weighted by Gasteiger charge is 2.34. The maximum Gasteiger partial charge on any atom is 0.344 e. The number of hydrogen-bond donors (Lipinski definition) is 4. The third kappa shape index (κ3) is 8.92. The molecule has 3 aromatic rings. The van der Waals surface area contributed by atoms with Gasteiger partial charge in [0, 0.05) is 23.7 Å². The van der Waals surface area contributed by atoms with Crippen molar-refractivity contribution in [1.29, 1.82) is 0 Å². The highest BCUT2D eigenvalue weighted by molar-refractivity contribution is 5.72. The third-order valence-electron chi connectivity index (χ3n) is 10.7. The van der Waals surface area contributed by atoms with Crippen LogP contribution in [0.1, 0.15) is 120 Å². The van der Waals surface area contributed by atoms with Gasteiger partial charge in [0.1, 0.15) is 11.5 Å². The van der Waals surface area contributed by atoms with E-state index in [1.54, 1.807) is 6.07 Å². The first-order valence-corrected chi connectivity index (χ1v) is 17.7. The van der Waals surface area contributed by atoms with Crippen molar-refractivity contribution >= 4 is 5.97 Å². The van der Waals surface area contributed by atoms with Gasteiger partial charge in [-0.2, -0.15) is 0 Å². The zero-order valence-corrected chi connectivity index (χ0v) is 27.9. The fourth-order valence-corrected chi connectivity index (χ4v) is 7.98. The number of aromatic hydroxyl groups is 1. The molecule has 46 heavy (non-hydrogen) atoms. The van der Waals surface area contributed by atoms with Gasteiger partial charge in [0.05, 0.1) is 6.17 Å². The number of benzene rings is 3. The van der Waals surface area contributed by atoms with Crippen LogP contribution in [0.4, 0.5) is 0 Å². The molecule has 4 unspecified atom stereocenters. The molecule has 6 heteroatoms. The van der Waals surface area contributed by atoms with Crippen molar-refractivity contribution in [1.82, 2.24) is 10.6 Å². The van der Waals surface area contributed by atoms with E-state index in [1.165, 1.54) is 62.6 Å². The summed E-state index contributed by atoms with van der Waals surface area (Å²) in [4.78, 5) is 11.3. The minimum absolute atomic E-state index is 0.105. The summed E-state index contributed by atoms with van der Waals surface area (Å²) in [5, 5.41) is 28.3. The van der Waals surface area contributed by atoms with Crippen LogP contribution in [0.5, 0.6) is 11.5 Å². The first-order chi connectivity index (χ1) is 22.3. The molecule has 5 rings (SSSR count). The van der Waals surface area contributed by atoms with E-state index < -0.39 is 12.1 Å². The number of phenolic OH excluding ortho intramolecular Hbond substituents is 1. The Morgan fingerprint density at radius 3 is 1.83 bits per heavy atom. The van der Waals surface area contributed by atoms with Gasteiger partial charge in [-0.05, 0) is 112 Å². The molecule has 2 aliphatic rings. The van der Waals surface area contributed by atoms with E-state index in [1.807, 2.05) is 6.07 Å². The quantitative estimate of drug-likeness (QED) is 0.134. The molecule has 0 aromatic heterocycles. The van der Waals surface area contributed by atoms with E-state index in [0.29, 0.717) is 35.5 Å². The normalized spacial score (nSPS) is 24.4. The summed E-state index contributed by atoms with van der Waals surface area (Å²) in [6.45, 7) is 5.90. The standard InChI is InChI=1S/C40H54N2O4/c1-4-11-37(33-20-16-31(17-21-33)29-12-7-5-8-13-29)42-39(34-22-18-32(19-23-34)30-14-9-6-10-15-30)41-27(2)36-25-24-35(26-38(36)43)46-28(3)40(44)45/h5-10,12-15,24-28,31-34,37,39,41-43H,4,11,16-23H2,1-3H3,(H,44,45). The molecular formula is C40H54N2O4. The Labute approximate surface area is 276 Å². The second kappa shape index (κ2) is 16.5. The van der Waals surface area contributed by atoms with Crippen LogP contribution in [0.2, 0.25) is 0 Å². The molecule has 0 saturated heterocycles. The molecule has 248 valence electrons.